The molecule has 0 bridgehead atoms. The van der Waals surface area contributed by atoms with Crippen molar-refractivity contribution in [1.82, 2.24) is 39.7 Å². The lowest BCUT2D eigenvalue weighted by Gasteiger charge is -2.27. The molecule has 2 atom stereocenters. The Morgan fingerprint density at radius 3 is 1.49 bits per heavy atom. The van der Waals surface area contributed by atoms with Gasteiger partial charge in [0.2, 0.25) is 0 Å². The molecular weight excluding hydrogens is 675 g/mol. The maximum Gasteiger partial charge on any atom is 0.422 e. The summed E-state index contributed by atoms with van der Waals surface area (Å²) in [7, 11) is 0. The van der Waals surface area contributed by atoms with Gasteiger partial charge in [-0.2, -0.15) is 23.7 Å². The summed E-state index contributed by atoms with van der Waals surface area (Å²) in [5.74, 6) is -4.31. The monoisotopic (exact) mass is 703 g/mol. The van der Waals surface area contributed by atoms with Crippen molar-refractivity contribution in [3.05, 3.63) is 108 Å². The number of alkyl halides is 3. The second-order valence-electron chi connectivity index (χ2n) is 10.3. The Balaban J connectivity index is 0.000000281. The first-order chi connectivity index (χ1) is 24.2. The zero-order chi connectivity index (χ0) is 37.6. The number of aromatic nitrogens is 6. The molecule has 262 valence electrons. The van der Waals surface area contributed by atoms with E-state index in [1.807, 2.05) is 12.1 Å². The van der Waals surface area contributed by atoms with Gasteiger partial charge in [0.15, 0.2) is 6.61 Å². The van der Waals surface area contributed by atoms with Crippen LogP contribution in [0, 0.1) is 22.7 Å². The Morgan fingerprint density at radius 1 is 0.745 bits per heavy atom. The first-order valence-corrected chi connectivity index (χ1v) is 14.6. The van der Waals surface area contributed by atoms with Crippen LogP contribution in [0.15, 0.2) is 73.6 Å². The van der Waals surface area contributed by atoms with Crippen LogP contribution in [0.3, 0.4) is 0 Å². The van der Waals surface area contributed by atoms with Gasteiger partial charge in [0.25, 0.3) is 0 Å². The number of nitrogens with two attached hydrogens (primary N) is 1. The minimum absolute atomic E-state index is 0.0485. The van der Waals surface area contributed by atoms with Gasteiger partial charge in [0.05, 0.1) is 47.7 Å². The van der Waals surface area contributed by atoms with E-state index in [2.05, 4.69) is 34.6 Å². The number of nitriles is 2. The third-order valence-corrected chi connectivity index (χ3v) is 6.70. The molecule has 3 amide bonds. The van der Waals surface area contributed by atoms with Crippen molar-refractivity contribution in [3.8, 4) is 12.1 Å². The van der Waals surface area contributed by atoms with E-state index in [-0.39, 0.29) is 24.5 Å². The fourth-order valence-electron chi connectivity index (χ4n) is 4.09. The molecule has 0 fully saturated rings. The highest BCUT2D eigenvalue weighted by Gasteiger charge is 2.35. The number of amides is 3. The van der Waals surface area contributed by atoms with Crippen molar-refractivity contribution in [2.75, 3.05) is 6.61 Å². The summed E-state index contributed by atoms with van der Waals surface area (Å²) >= 11 is 0. The summed E-state index contributed by atoms with van der Waals surface area (Å²) in [5, 5.41) is 17.6. The number of pyridine rings is 2. The van der Waals surface area contributed by atoms with Gasteiger partial charge < -0.3 is 20.3 Å². The van der Waals surface area contributed by atoms with Crippen molar-refractivity contribution in [2.24, 2.45) is 5.73 Å². The summed E-state index contributed by atoms with van der Waals surface area (Å²) in [6.45, 7) is 1.14. The number of esters is 1. The topological polar surface area (TPSA) is 235 Å². The number of ether oxygens (including phenoxy) is 1. The van der Waals surface area contributed by atoms with Crippen LogP contribution < -0.4 is 5.73 Å². The van der Waals surface area contributed by atoms with Crippen molar-refractivity contribution in [3.63, 3.8) is 0 Å². The first kappa shape index (κ1) is 38.6. The maximum atomic E-state index is 12.5. The minimum Gasteiger partial charge on any atom is -0.449 e. The van der Waals surface area contributed by atoms with E-state index < -0.39 is 48.6 Å². The van der Waals surface area contributed by atoms with Gasteiger partial charge in [0.1, 0.15) is 23.8 Å². The average molecular weight is 704 g/mol. The zero-order valence-electron chi connectivity index (χ0n) is 26.9. The van der Waals surface area contributed by atoms with E-state index in [9.17, 15) is 32.3 Å². The Hall–Kier alpha value is -6.89. The minimum atomic E-state index is -4.76. The van der Waals surface area contributed by atoms with Crippen molar-refractivity contribution >= 4 is 23.7 Å². The molecule has 0 saturated carbocycles. The highest BCUT2D eigenvalue weighted by atomic mass is 19.4. The second-order valence-corrected chi connectivity index (χ2v) is 10.3. The molecule has 4 heterocycles. The molecule has 4 aromatic rings. The summed E-state index contributed by atoms with van der Waals surface area (Å²) < 4.78 is 40.8. The molecule has 51 heavy (non-hydrogen) atoms. The fraction of sp³-hybridized carbons (Fsp3) is 0.250. The van der Waals surface area contributed by atoms with Gasteiger partial charge in [-0.05, 0) is 50.2 Å². The molecule has 16 nitrogen and oxygen atoms in total. The molecule has 0 saturated heterocycles. The lowest BCUT2D eigenvalue weighted by atomic mass is 10.2. The van der Waals surface area contributed by atoms with E-state index in [1.54, 1.807) is 43.6 Å². The molecule has 4 aromatic heterocycles. The molecule has 0 aliphatic carbocycles. The van der Waals surface area contributed by atoms with Crippen LogP contribution in [0.1, 0.15) is 60.1 Å². The smallest absolute Gasteiger partial charge is 0.422 e. The average Bonchev–Trinajstić information content (AvgIpc) is 3.15. The van der Waals surface area contributed by atoms with Crippen molar-refractivity contribution in [2.45, 2.75) is 45.2 Å². The van der Waals surface area contributed by atoms with Crippen LogP contribution in [-0.4, -0.2) is 76.2 Å². The predicted octanol–water partition coefficient (Wildman–Crippen LogP) is 2.26. The molecular formula is C32H28F3N11O5. The highest BCUT2D eigenvalue weighted by molar-refractivity contribution is 6.34. The number of hydrogen-bond acceptors (Lipinski definition) is 13. The van der Waals surface area contributed by atoms with Gasteiger partial charge in [0, 0.05) is 37.2 Å². The molecule has 2 unspecified atom stereocenters. The largest absolute Gasteiger partial charge is 0.449 e. The van der Waals surface area contributed by atoms with Gasteiger partial charge >= 0.3 is 29.9 Å². The Bertz CT molecular complexity index is 1890. The SMILES string of the molecule is CC(c1ncccn1)N(Cc1ccc(C#N)cn1)C(=O)C(=O)OCC(F)(F)F.CC(c1ncccn1)N(Cc1ccc(C#N)cn1)C(=O)C(N)=O. The quantitative estimate of drug-likeness (QED) is 0.195. The molecule has 2 N–H and O–H groups in total. The third kappa shape index (κ3) is 11.6. The molecule has 0 radical (unpaired) electrons. The van der Waals surface area contributed by atoms with E-state index >= 15 is 0 Å². The number of carbonyl (C=O) groups is 4. The number of hydrogen-bond donors (Lipinski definition) is 1. The van der Waals surface area contributed by atoms with E-state index in [4.69, 9.17) is 16.3 Å². The van der Waals surface area contributed by atoms with Crippen LogP contribution in [0.25, 0.3) is 0 Å². The summed E-state index contributed by atoms with van der Waals surface area (Å²) in [6, 6.07) is 11.7. The number of halogens is 3. The fourth-order valence-corrected chi connectivity index (χ4v) is 4.09. The first-order valence-electron chi connectivity index (χ1n) is 14.6. The van der Waals surface area contributed by atoms with Gasteiger partial charge in [-0.1, -0.05) is 0 Å². The summed E-state index contributed by atoms with van der Waals surface area (Å²) in [6.07, 6.45) is 3.84. The molecule has 0 aliphatic rings. The van der Waals surface area contributed by atoms with Crippen LogP contribution in [0.5, 0.6) is 0 Å². The molecule has 0 aliphatic heterocycles. The second kappa shape index (κ2) is 18.0. The summed E-state index contributed by atoms with van der Waals surface area (Å²) in [5.41, 5.74) is 6.62. The molecule has 19 heteroatoms. The normalized spacial score (nSPS) is 11.7. The highest BCUT2D eigenvalue weighted by Crippen LogP contribution is 2.21. The van der Waals surface area contributed by atoms with Gasteiger partial charge in [-0.3, -0.25) is 24.4 Å². The van der Waals surface area contributed by atoms with E-state index in [1.165, 1.54) is 48.7 Å². The number of rotatable bonds is 9. The standard InChI is InChI=1S/C17H14F3N5O3.C15H14N6O2/c1-11(14-22-5-2-6-23-14)25(9-13-4-3-12(7-21)8-24-13)15(26)16(27)28-10-17(18,19)20;1-10(14-18-5-2-6-19-14)21(15(23)13(17)22)9-12-4-3-11(7-16)8-20-12/h2-6,8,11H,9-10H2,1H3;2-6,8,10H,9H2,1H3,(H2,17,22). The number of primary amides is 1. The van der Waals surface area contributed by atoms with Gasteiger partial charge in [-0.15, -0.1) is 0 Å². The predicted molar refractivity (Wildman–Crippen MR) is 166 cm³/mol. The van der Waals surface area contributed by atoms with Crippen LogP contribution in [0.2, 0.25) is 0 Å². The maximum absolute atomic E-state index is 12.5. The lowest BCUT2D eigenvalue weighted by Crippen LogP contribution is -2.41. The Kier molecular flexibility index (Phi) is 13.6. The molecule has 4 rings (SSSR count). The van der Waals surface area contributed by atoms with E-state index in [0.29, 0.717) is 22.8 Å². The zero-order valence-corrected chi connectivity index (χ0v) is 26.9. The lowest BCUT2D eigenvalue weighted by molar-refractivity contribution is -0.190. The van der Waals surface area contributed by atoms with Crippen LogP contribution in [0.4, 0.5) is 13.2 Å². The summed E-state index contributed by atoms with van der Waals surface area (Å²) in [4.78, 5) is 74.1. The van der Waals surface area contributed by atoms with Crippen molar-refractivity contribution < 1.29 is 37.1 Å². The van der Waals surface area contributed by atoms with E-state index in [0.717, 1.165) is 4.90 Å². The van der Waals surface area contributed by atoms with Crippen molar-refractivity contribution in [1.29, 1.82) is 10.5 Å². The third-order valence-electron chi connectivity index (χ3n) is 6.70. The Morgan fingerprint density at radius 2 is 1.16 bits per heavy atom. The van der Waals surface area contributed by atoms with Gasteiger partial charge in [-0.25, -0.2) is 24.7 Å². The number of nitrogens with zero attached hydrogens (tertiary/aromatic N) is 10. The molecule has 0 aromatic carbocycles. The Labute approximate surface area is 288 Å². The number of carbonyl (C=O) groups excluding carboxylic acids is 4. The molecule has 0 spiro atoms. The van der Waals surface area contributed by atoms with Crippen LogP contribution in [-0.2, 0) is 37.0 Å². The van der Waals surface area contributed by atoms with Crippen LogP contribution >= 0.6 is 0 Å².